The number of anilines is 1. The standard InChI is InChI=1S/C13H20N4O2/c1-19-9-7-14-12(18)11-4-2-8-17(10-11)13-15-5-3-6-16-13/h3,5-6,11H,2,4,7-10H2,1H3,(H,14,18)/t11-/m1/s1. The van der Waals surface area contributed by atoms with Crippen molar-refractivity contribution in [1.82, 2.24) is 15.3 Å². The molecule has 0 aromatic carbocycles. The van der Waals surface area contributed by atoms with Gasteiger partial charge in [0.2, 0.25) is 11.9 Å². The number of carbonyl (C=O) groups excluding carboxylic acids is 1. The molecule has 2 rings (SSSR count). The van der Waals surface area contributed by atoms with Crippen molar-refractivity contribution >= 4 is 11.9 Å². The van der Waals surface area contributed by atoms with Crippen molar-refractivity contribution in [3.05, 3.63) is 18.5 Å². The van der Waals surface area contributed by atoms with Gasteiger partial charge >= 0.3 is 0 Å². The van der Waals surface area contributed by atoms with Gasteiger partial charge in [0.05, 0.1) is 12.5 Å². The number of hydrogen-bond acceptors (Lipinski definition) is 5. The minimum atomic E-state index is 0.00872. The van der Waals surface area contributed by atoms with E-state index in [1.807, 2.05) is 0 Å². The molecule has 0 aliphatic carbocycles. The number of piperidine rings is 1. The predicted molar refractivity (Wildman–Crippen MR) is 71.9 cm³/mol. The van der Waals surface area contributed by atoms with Gasteiger partial charge in [-0.2, -0.15) is 0 Å². The third-order valence-electron chi connectivity index (χ3n) is 3.23. The van der Waals surface area contributed by atoms with Crippen LogP contribution in [-0.4, -0.2) is 49.2 Å². The van der Waals surface area contributed by atoms with Crippen molar-refractivity contribution in [2.45, 2.75) is 12.8 Å². The van der Waals surface area contributed by atoms with E-state index in [2.05, 4.69) is 20.2 Å². The van der Waals surface area contributed by atoms with Crippen LogP contribution < -0.4 is 10.2 Å². The monoisotopic (exact) mass is 264 g/mol. The highest BCUT2D eigenvalue weighted by molar-refractivity contribution is 5.79. The number of ether oxygens (including phenoxy) is 1. The van der Waals surface area contributed by atoms with Gasteiger partial charge in [-0.3, -0.25) is 4.79 Å². The van der Waals surface area contributed by atoms with Crippen LogP contribution in [0.2, 0.25) is 0 Å². The van der Waals surface area contributed by atoms with Crippen LogP contribution in [0.15, 0.2) is 18.5 Å². The van der Waals surface area contributed by atoms with Gasteiger partial charge in [-0.25, -0.2) is 9.97 Å². The first-order valence-corrected chi connectivity index (χ1v) is 6.60. The van der Waals surface area contributed by atoms with Gasteiger partial charge in [0, 0.05) is 39.1 Å². The van der Waals surface area contributed by atoms with Crippen LogP contribution in [0, 0.1) is 5.92 Å². The van der Waals surface area contributed by atoms with Crippen molar-refractivity contribution in [2.24, 2.45) is 5.92 Å². The maximum Gasteiger partial charge on any atom is 0.225 e. The summed E-state index contributed by atoms with van der Waals surface area (Å²) >= 11 is 0. The summed E-state index contributed by atoms with van der Waals surface area (Å²) in [6, 6.07) is 1.79. The Morgan fingerprint density at radius 2 is 2.32 bits per heavy atom. The Morgan fingerprint density at radius 3 is 3.05 bits per heavy atom. The van der Waals surface area contributed by atoms with E-state index in [4.69, 9.17) is 4.74 Å². The molecule has 6 nitrogen and oxygen atoms in total. The molecule has 0 bridgehead atoms. The fourth-order valence-electron chi connectivity index (χ4n) is 2.25. The number of hydrogen-bond donors (Lipinski definition) is 1. The number of nitrogens with one attached hydrogen (secondary N) is 1. The van der Waals surface area contributed by atoms with Gasteiger partial charge in [-0.15, -0.1) is 0 Å². The van der Waals surface area contributed by atoms with Crippen LogP contribution in [-0.2, 0) is 9.53 Å². The second-order valence-electron chi connectivity index (χ2n) is 4.62. The summed E-state index contributed by atoms with van der Waals surface area (Å²) in [7, 11) is 1.63. The van der Waals surface area contributed by atoms with Gasteiger partial charge in [-0.1, -0.05) is 0 Å². The molecule has 19 heavy (non-hydrogen) atoms. The van der Waals surface area contributed by atoms with Gasteiger partial charge < -0.3 is 15.0 Å². The van der Waals surface area contributed by atoms with Crippen LogP contribution in [0.25, 0.3) is 0 Å². The average molecular weight is 264 g/mol. The molecule has 0 spiro atoms. The van der Waals surface area contributed by atoms with Crippen molar-refractivity contribution in [1.29, 1.82) is 0 Å². The molecule has 0 saturated carbocycles. The summed E-state index contributed by atoms with van der Waals surface area (Å²) < 4.78 is 4.92. The Kier molecular flexibility index (Phi) is 5.09. The van der Waals surface area contributed by atoms with E-state index in [9.17, 15) is 4.79 Å². The normalized spacial score (nSPS) is 19.2. The Labute approximate surface area is 113 Å². The largest absolute Gasteiger partial charge is 0.383 e. The Bertz CT molecular complexity index is 399. The molecule has 104 valence electrons. The van der Waals surface area contributed by atoms with E-state index >= 15 is 0 Å². The maximum absolute atomic E-state index is 12.0. The van der Waals surface area contributed by atoms with E-state index in [0.717, 1.165) is 19.4 Å². The second kappa shape index (κ2) is 7.04. The van der Waals surface area contributed by atoms with Crippen molar-refractivity contribution in [3.8, 4) is 0 Å². The molecule has 2 heterocycles. The maximum atomic E-state index is 12.0. The van der Waals surface area contributed by atoms with Crippen molar-refractivity contribution in [3.63, 3.8) is 0 Å². The van der Waals surface area contributed by atoms with Crippen LogP contribution in [0.1, 0.15) is 12.8 Å². The summed E-state index contributed by atoms with van der Waals surface area (Å²) in [6.45, 7) is 2.70. The fourth-order valence-corrected chi connectivity index (χ4v) is 2.25. The van der Waals surface area contributed by atoms with Crippen molar-refractivity contribution < 1.29 is 9.53 Å². The molecule has 0 unspecified atom stereocenters. The number of rotatable bonds is 5. The molecule has 1 aromatic heterocycles. The molecule has 1 atom stereocenters. The lowest BCUT2D eigenvalue weighted by molar-refractivity contribution is -0.125. The number of aromatic nitrogens is 2. The van der Waals surface area contributed by atoms with Crippen LogP contribution >= 0.6 is 0 Å². The molecule has 1 fully saturated rings. The highest BCUT2D eigenvalue weighted by Crippen LogP contribution is 2.19. The molecule has 1 aliphatic rings. The third-order valence-corrected chi connectivity index (χ3v) is 3.23. The molecule has 0 radical (unpaired) electrons. The first kappa shape index (κ1) is 13.7. The smallest absolute Gasteiger partial charge is 0.225 e. The SMILES string of the molecule is COCCNC(=O)[C@@H]1CCCN(c2ncccn2)C1. The van der Waals surface area contributed by atoms with E-state index < -0.39 is 0 Å². The first-order chi connectivity index (χ1) is 9.31. The highest BCUT2D eigenvalue weighted by atomic mass is 16.5. The van der Waals surface area contributed by atoms with E-state index in [1.165, 1.54) is 0 Å². The Balaban J connectivity index is 1.88. The number of methoxy groups -OCH3 is 1. The quantitative estimate of drug-likeness (QED) is 0.782. The summed E-state index contributed by atoms with van der Waals surface area (Å²) in [5.74, 6) is 0.809. The lowest BCUT2D eigenvalue weighted by atomic mass is 9.97. The van der Waals surface area contributed by atoms with Gasteiger partial charge in [0.25, 0.3) is 0 Å². The molecule has 1 N–H and O–H groups in total. The Morgan fingerprint density at radius 1 is 1.53 bits per heavy atom. The van der Waals surface area contributed by atoms with Gasteiger partial charge in [0.1, 0.15) is 0 Å². The summed E-state index contributed by atoms with van der Waals surface area (Å²) in [5.41, 5.74) is 0. The molecule has 1 saturated heterocycles. The Hall–Kier alpha value is -1.69. The molecular weight excluding hydrogens is 244 g/mol. The topological polar surface area (TPSA) is 67.3 Å². The molecule has 1 amide bonds. The van der Waals surface area contributed by atoms with E-state index in [0.29, 0.717) is 25.6 Å². The van der Waals surface area contributed by atoms with Gasteiger partial charge in [-0.05, 0) is 18.9 Å². The highest BCUT2D eigenvalue weighted by Gasteiger charge is 2.26. The number of carbonyl (C=O) groups is 1. The minimum absolute atomic E-state index is 0.00872. The summed E-state index contributed by atoms with van der Waals surface area (Å²) in [5, 5.41) is 2.89. The lowest BCUT2D eigenvalue weighted by Gasteiger charge is -2.31. The number of nitrogens with zero attached hydrogens (tertiary/aromatic N) is 3. The van der Waals surface area contributed by atoms with Crippen molar-refractivity contribution in [2.75, 3.05) is 38.3 Å². The molecule has 1 aliphatic heterocycles. The van der Waals surface area contributed by atoms with Crippen LogP contribution in [0.4, 0.5) is 5.95 Å². The lowest BCUT2D eigenvalue weighted by Crippen LogP contribution is -2.44. The molecular formula is C13H20N4O2. The molecule has 1 aromatic rings. The zero-order chi connectivity index (χ0) is 13.5. The fraction of sp³-hybridized carbons (Fsp3) is 0.615. The zero-order valence-corrected chi connectivity index (χ0v) is 11.2. The van der Waals surface area contributed by atoms with Crippen LogP contribution in [0.3, 0.4) is 0 Å². The summed E-state index contributed by atoms with van der Waals surface area (Å²) in [6.07, 6.45) is 5.36. The van der Waals surface area contributed by atoms with Crippen LogP contribution in [0.5, 0.6) is 0 Å². The third kappa shape index (κ3) is 3.89. The average Bonchev–Trinajstić information content (AvgIpc) is 2.48. The van der Waals surface area contributed by atoms with Gasteiger partial charge in [0.15, 0.2) is 0 Å². The zero-order valence-electron chi connectivity index (χ0n) is 11.2. The summed E-state index contributed by atoms with van der Waals surface area (Å²) in [4.78, 5) is 22.6. The van der Waals surface area contributed by atoms with E-state index in [-0.39, 0.29) is 11.8 Å². The first-order valence-electron chi connectivity index (χ1n) is 6.60. The minimum Gasteiger partial charge on any atom is -0.383 e. The number of amides is 1. The predicted octanol–water partition coefficient (Wildman–Crippen LogP) is 0.456. The van der Waals surface area contributed by atoms with E-state index in [1.54, 1.807) is 25.6 Å². The molecule has 6 heteroatoms. The second-order valence-corrected chi connectivity index (χ2v) is 4.62.